The summed E-state index contributed by atoms with van der Waals surface area (Å²) in [6, 6.07) is 8.63. The SMILES string of the molecule is Cc1ccc(Cl)cc1S(=O)(=O)NCc1ccnc(N2CCN(C)CC2)c1. The molecule has 0 saturated carbocycles. The van der Waals surface area contributed by atoms with Crippen LogP contribution in [0.2, 0.25) is 5.02 Å². The van der Waals surface area contributed by atoms with Crippen LogP contribution in [0.4, 0.5) is 5.82 Å². The highest BCUT2D eigenvalue weighted by Gasteiger charge is 2.18. The van der Waals surface area contributed by atoms with Gasteiger partial charge in [0.15, 0.2) is 0 Å². The summed E-state index contributed by atoms with van der Waals surface area (Å²) in [6.07, 6.45) is 1.72. The van der Waals surface area contributed by atoms with Crippen molar-refractivity contribution in [3.05, 3.63) is 52.7 Å². The average Bonchev–Trinajstić information content (AvgIpc) is 2.63. The Kier molecular flexibility index (Phi) is 5.82. The minimum atomic E-state index is -3.63. The van der Waals surface area contributed by atoms with E-state index < -0.39 is 10.0 Å². The Hall–Kier alpha value is -1.67. The van der Waals surface area contributed by atoms with Crippen LogP contribution < -0.4 is 9.62 Å². The first kappa shape index (κ1) is 19.1. The molecule has 0 atom stereocenters. The number of likely N-dealkylation sites (N-methyl/N-ethyl adjacent to an activating group) is 1. The van der Waals surface area contributed by atoms with E-state index in [9.17, 15) is 8.42 Å². The maximum Gasteiger partial charge on any atom is 0.241 e. The molecule has 140 valence electrons. The number of hydrogen-bond donors (Lipinski definition) is 1. The number of aryl methyl sites for hydroxylation is 1. The highest BCUT2D eigenvalue weighted by atomic mass is 35.5. The molecule has 6 nitrogen and oxygen atoms in total. The predicted molar refractivity (Wildman–Crippen MR) is 104 cm³/mol. The van der Waals surface area contributed by atoms with Crippen LogP contribution in [0.3, 0.4) is 0 Å². The van der Waals surface area contributed by atoms with E-state index in [1.54, 1.807) is 25.3 Å². The number of sulfonamides is 1. The van der Waals surface area contributed by atoms with Crippen LogP contribution in [0.1, 0.15) is 11.1 Å². The van der Waals surface area contributed by atoms with Gasteiger partial charge in [-0.2, -0.15) is 0 Å². The van der Waals surface area contributed by atoms with Gasteiger partial charge in [0.1, 0.15) is 5.82 Å². The van der Waals surface area contributed by atoms with Crippen molar-refractivity contribution in [2.24, 2.45) is 0 Å². The summed E-state index contributed by atoms with van der Waals surface area (Å²) in [5.41, 5.74) is 1.53. The molecule has 0 amide bonds. The van der Waals surface area contributed by atoms with Gasteiger partial charge in [-0.1, -0.05) is 17.7 Å². The van der Waals surface area contributed by atoms with Crippen LogP contribution in [0.15, 0.2) is 41.4 Å². The van der Waals surface area contributed by atoms with Crippen LogP contribution in [-0.4, -0.2) is 51.5 Å². The number of nitrogens with one attached hydrogen (secondary N) is 1. The molecular weight excluding hydrogens is 372 g/mol. The minimum Gasteiger partial charge on any atom is -0.354 e. The maximum atomic E-state index is 12.6. The maximum absolute atomic E-state index is 12.6. The second-order valence-electron chi connectivity index (χ2n) is 6.55. The summed E-state index contributed by atoms with van der Waals surface area (Å²) in [7, 11) is -1.53. The molecule has 0 bridgehead atoms. The molecule has 26 heavy (non-hydrogen) atoms. The molecule has 1 aromatic heterocycles. The Bertz CT molecular complexity index is 881. The Labute approximate surface area is 159 Å². The van der Waals surface area contributed by atoms with Crippen LogP contribution in [-0.2, 0) is 16.6 Å². The van der Waals surface area contributed by atoms with Gasteiger partial charge in [0.25, 0.3) is 0 Å². The third-order valence-corrected chi connectivity index (χ3v) is 6.32. The van der Waals surface area contributed by atoms with Gasteiger partial charge < -0.3 is 9.80 Å². The van der Waals surface area contributed by atoms with E-state index >= 15 is 0 Å². The molecule has 1 aromatic carbocycles. The lowest BCUT2D eigenvalue weighted by Gasteiger charge is -2.33. The fourth-order valence-electron chi connectivity index (χ4n) is 2.90. The summed E-state index contributed by atoms with van der Waals surface area (Å²) in [5.74, 6) is 0.883. The van der Waals surface area contributed by atoms with Crippen LogP contribution in [0.25, 0.3) is 0 Å². The topological polar surface area (TPSA) is 65.5 Å². The molecule has 0 radical (unpaired) electrons. The summed E-state index contributed by atoms with van der Waals surface area (Å²) in [5, 5.41) is 0.400. The van der Waals surface area contributed by atoms with Crippen molar-refractivity contribution in [3.8, 4) is 0 Å². The van der Waals surface area contributed by atoms with Crippen molar-refractivity contribution in [3.63, 3.8) is 0 Å². The van der Waals surface area contributed by atoms with E-state index in [1.807, 2.05) is 12.1 Å². The zero-order valence-electron chi connectivity index (χ0n) is 14.9. The smallest absolute Gasteiger partial charge is 0.241 e. The monoisotopic (exact) mass is 394 g/mol. The zero-order valence-corrected chi connectivity index (χ0v) is 16.5. The molecule has 1 aliphatic rings. The number of hydrogen-bond acceptors (Lipinski definition) is 5. The van der Waals surface area contributed by atoms with Gasteiger partial charge in [-0.15, -0.1) is 0 Å². The lowest BCUT2D eigenvalue weighted by molar-refractivity contribution is 0.312. The summed E-state index contributed by atoms with van der Waals surface area (Å²) < 4.78 is 27.9. The number of halogens is 1. The molecule has 2 heterocycles. The number of piperazine rings is 1. The third kappa shape index (κ3) is 4.54. The first-order valence-corrected chi connectivity index (χ1v) is 10.4. The molecule has 0 spiro atoms. The van der Waals surface area contributed by atoms with E-state index in [0.29, 0.717) is 10.6 Å². The van der Waals surface area contributed by atoms with Crippen molar-refractivity contribution >= 4 is 27.4 Å². The lowest BCUT2D eigenvalue weighted by atomic mass is 10.2. The van der Waals surface area contributed by atoms with Gasteiger partial charge in [-0.3, -0.25) is 0 Å². The van der Waals surface area contributed by atoms with Crippen molar-refractivity contribution in [2.45, 2.75) is 18.4 Å². The number of anilines is 1. The second kappa shape index (κ2) is 7.92. The van der Waals surface area contributed by atoms with Crippen molar-refractivity contribution in [1.29, 1.82) is 0 Å². The van der Waals surface area contributed by atoms with E-state index in [4.69, 9.17) is 11.6 Å². The normalized spacial score (nSPS) is 16.0. The quantitative estimate of drug-likeness (QED) is 0.842. The average molecular weight is 395 g/mol. The fourth-order valence-corrected chi connectivity index (χ4v) is 4.42. The molecule has 0 aliphatic carbocycles. The van der Waals surface area contributed by atoms with Crippen molar-refractivity contribution in [2.75, 3.05) is 38.1 Å². The van der Waals surface area contributed by atoms with E-state index in [2.05, 4.69) is 26.6 Å². The zero-order chi connectivity index (χ0) is 18.7. The van der Waals surface area contributed by atoms with E-state index in [-0.39, 0.29) is 11.4 Å². The molecule has 0 unspecified atom stereocenters. The van der Waals surface area contributed by atoms with Crippen molar-refractivity contribution in [1.82, 2.24) is 14.6 Å². The highest BCUT2D eigenvalue weighted by molar-refractivity contribution is 7.89. The first-order valence-electron chi connectivity index (χ1n) is 8.49. The Morgan fingerprint density at radius 3 is 2.62 bits per heavy atom. The molecule has 2 aromatic rings. The molecule has 1 aliphatic heterocycles. The van der Waals surface area contributed by atoms with Crippen LogP contribution in [0.5, 0.6) is 0 Å². The minimum absolute atomic E-state index is 0.206. The number of rotatable bonds is 5. The fraction of sp³-hybridized carbons (Fsp3) is 0.389. The number of nitrogens with zero attached hydrogens (tertiary/aromatic N) is 3. The Balaban J connectivity index is 1.71. The summed E-state index contributed by atoms with van der Waals surface area (Å²) in [6.45, 7) is 5.78. The molecule has 3 rings (SSSR count). The number of aromatic nitrogens is 1. The van der Waals surface area contributed by atoms with Crippen LogP contribution in [0, 0.1) is 6.92 Å². The van der Waals surface area contributed by atoms with Crippen molar-refractivity contribution < 1.29 is 8.42 Å². The second-order valence-corrected chi connectivity index (χ2v) is 8.72. The van der Waals surface area contributed by atoms with Gasteiger partial charge in [0.2, 0.25) is 10.0 Å². The largest absolute Gasteiger partial charge is 0.354 e. The van der Waals surface area contributed by atoms with E-state index in [1.165, 1.54) is 6.07 Å². The first-order chi connectivity index (χ1) is 12.3. The summed E-state index contributed by atoms with van der Waals surface area (Å²) in [4.78, 5) is 9.14. The molecule has 1 fully saturated rings. The molecule has 8 heteroatoms. The molecule has 1 saturated heterocycles. The lowest BCUT2D eigenvalue weighted by Crippen LogP contribution is -2.44. The van der Waals surface area contributed by atoms with Gasteiger partial charge in [-0.05, 0) is 49.4 Å². The van der Waals surface area contributed by atoms with Gasteiger partial charge in [-0.25, -0.2) is 18.1 Å². The Morgan fingerprint density at radius 1 is 1.15 bits per heavy atom. The third-order valence-electron chi connectivity index (χ3n) is 4.54. The van der Waals surface area contributed by atoms with Crippen LogP contribution >= 0.6 is 11.6 Å². The Morgan fingerprint density at radius 2 is 1.88 bits per heavy atom. The van der Waals surface area contributed by atoms with Gasteiger partial charge in [0.05, 0.1) is 4.90 Å². The summed E-state index contributed by atoms with van der Waals surface area (Å²) >= 11 is 5.95. The number of benzene rings is 1. The van der Waals surface area contributed by atoms with Gasteiger partial charge in [0, 0.05) is 43.9 Å². The van der Waals surface area contributed by atoms with E-state index in [0.717, 1.165) is 37.6 Å². The molecular formula is C18H23ClN4O2S. The molecule has 1 N–H and O–H groups in total. The van der Waals surface area contributed by atoms with Gasteiger partial charge >= 0.3 is 0 Å². The number of pyridine rings is 1. The highest BCUT2D eigenvalue weighted by Crippen LogP contribution is 2.21. The predicted octanol–water partition coefficient (Wildman–Crippen LogP) is 2.27. The standard InChI is InChI=1S/C18H23ClN4O2S/c1-14-3-4-16(19)12-17(14)26(24,25)21-13-15-5-6-20-18(11-15)23-9-7-22(2)8-10-23/h3-6,11-12,21H,7-10,13H2,1-2H3.